The minimum atomic E-state index is -0.0864. The van der Waals surface area contributed by atoms with Crippen LogP contribution in [-0.4, -0.2) is 31.0 Å². The minimum Gasteiger partial charge on any atom is -0.493 e. The van der Waals surface area contributed by atoms with E-state index in [2.05, 4.69) is 24.0 Å². The Hall–Kier alpha value is -2.08. The number of nitrogens with zero attached hydrogens (tertiary/aromatic N) is 2. The van der Waals surface area contributed by atoms with Gasteiger partial charge in [0.05, 0.1) is 14.2 Å². The monoisotopic (exact) mass is 332 g/mol. The van der Waals surface area contributed by atoms with Crippen LogP contribution in [0.3, 0.4) is 0 Å². The molecule has 3 rings (SSSR count). The molecule has 6 nitrogen and oxygen atoms in total. The van der Waals surface area contributed by atoms with Crippen LogP contribution in [0.2, 0.25) is 0 Å². The smallest absolute Gasteiger partial charge is 0.256 e. The van der Waals surface area contributed by atoms with Crippen LogP contribution in [0, 0.1) is 11.8 Å². The number of benzene rings is 1. The van der Waals surface area contributed by atoms with Gasteiger partial charge in [0.2, 0.25) is 0 Å². The lowest BCUT2D eigenvalue weighted by Gasteiger charge is -2.18. The molecular weight excluding hydrogens is 308 g/mol. The molecule has 130 valence electrons. The van der Waals surface area contributed by atoms with Crippen LogP contribution in [0.5, 0.6) is 11.5 Å². The van der Waals surface area contributed by atoms with E-state index in [1.165, 1.54) is 0 Å². The van der Waals surface area contributed by atoms with E-state index in [0.717, 1.165) is 18.6 Å². The molecule has 1 fully saturated rings. The molecule has 0 N–H and O–H groups in total. The van der Waals surface area contributed by atoms with Gasteiger partial charge in [-0.15, -0.1) is 0 Å². The number of ether oxygens (including phenoxy) is 3. The van der Waals surface area contributed by atoms with Gasteiger partial charge in [-0.05, 0) is 36.0 Å². The molecule has 0 radical (unpaired) electrons. The molecule has 1 aromatic carbocycles. The average molecular weight is 332 g/mol. The second-order valence-corrected chi connectivity index (χ2v) is 6.40. The summed E-state index contributed by atoms with van der Waals surface area (Å²) in [5.74, 6) is 3.59. The van der Waals surface area contributed by atoms with Crippen LogP contribution < -0.4 is 9.47 Å². The molecule has 2 heterocycles. The fraction of sp³-hybridized carbons (Fsp3) is 0.556. The summed E-state index contributed by atoms with van der Waals surface area (Å²) in [5.41, 5.74) is 1.03. The summed E-state index contributed by atoms with van der Waals surface area (Å²) in [6.45, 7) is 5.15. The lowest BCUT2D eigenvalue weighted by Crippen LogP contribution is -2.14. The van der Waals surface area contributed by atoms with E-state index in [9.17, 15) is 0 Å². The highest BCUT2D eigenvalue weighted by molar-refractivity contribution is 5.43. The highest BCUT2D eigenvalue weighted by Crippen LogP contribution is 2.38. The van der Waals surface area contributed by atoms with Crippen molar-refractivity contribution in [3.05, 3.63) is 35.5 Å². The van der Waals surface area contributed by atoms with E-state index in [-0.39, 0.29) is 6.10 Å². The van der Waals surface area contributed by atoms with Crippen molar-refractivity contribution >= 4 is 0 Å². The van der Waals surface area contributed by atoms with Crippen LogP contribution >= 0.6 is 0 Å². The molecule has 24 heavy (non-hydrogen) atoms. The predicted molar refractivity (Wildman–Crippen MR) is 88.3 cm³/mol. The van der Waals surface area contributed by atoms with Crippen LogP contribution in [0.25, 0.3) is 0 Å². The molecule has 0 amide bonds. The van der Waals surface area contributed by atoms with Crippen molar-refractivity contribution in [2.24, 2.45) is 11.8 Å². The Morgan fingerprint density at radius 3 is 2.71 bits per heavy atom. The lowest BCUT2D eigenvalue weighted by atomic mass is 9.89. The van der Waals surface area contributed by atoms with Gasteiger partial charge >= 0.3 is 0 Å². The molecule has 1 aliphatic heterocycles. The normalized spacial score (nSPS) is 20.5. The van der Waals surface area contributed by atoms with E-state index in [1.807, 2.05) is 18.2 Å². The van der Waals surface area contributed by atoms with E-state index in [1.54, 1.807) is 14.2 Å². The van der Waals surface area contributed by atoms with Crippen molar-refractivity contribution in [3.63, 3.8) is 0 Å². The third-order valence-electron chi connectivity index (χ3n) is 4.53. The van der Waals surface area contributed by atoms with Crippen LogP contribution in [0.1, 0.15) is 43.7 Å². The van der Waals surface area contributed by atoms with Crippen molar-refractivity contribution in [2.45, 2.75) is 32.8 Å². The lowest BCUT2D eigenvalue weighted by molar-refractivity contribution is 0.0519. The molecule has 0 aliphatic carbocycles. The van der Waals surface area contributed by atoms with Crippen molar-refractivity contribution < 1.29 is 18.7 Å². The standard InChI is InChI=1S/C18H24N2O4/c1-11(2)13-7-8-23-17(13)18-19-16(20-24-18)10-12-5-6-14(21-3)15(9-12)22-4/h5-6,9,11,13,17H,7-8,10H2,1-4H3/t13-,17-/m0/s1. The van der Waals surface area contributed by atoms with E-state index in [4.69, 9.17) is 18.7 Å². The quantitative estimate of drug-likeness (QED) is 0.807. The number of methoxy groups -OCH3 is 2. The first kappa shape index (κ1) is 16.8. The molecule has 6 heteroatoms. The third kappa shape index (κ3) is 3.38. The van der Waals surface area contributed by atoms with Gasteiger partial charge in [-0.3, -0.25) is 0 Å². The summed E-state index contributed by atoms with van der Waals surface area (Å²) < 4.78 is 21.9. The van der Waals surface area contributed by atoms with Gasteiger partial charge in [-0.2, -0.15) is 4.98 Å². The predicted octanol–water partition coefficient (Wildman–Crippen LogP) is 3.41. The fourth-order valence-corrected chi connectivity index (χ4v) is 3.17. The third-order valence-corrected chi connectivity index (χ3v) is 4.53. The van der Waals surface area contributed by atoms with Crippen LogP contribution in [0.4, 0.5) is 0 Å². The molecular formula is C18H24N2O4. The van der Waals surface area contributed by atoms with Crippen molar-refractivity contribution in [1.82, 2.24) is 10.1 Å². The average Bonchev–Trinajstić information content (AvgIpc) is 3.23. The molecule has 1 aromatic heterocycles. The fourth-order valence-electron chi connectivity index (χ4n) is 3.17. The summed E-state index contributed by atoms with van der Waals surface area (Å²) in [4.78, 5) is 4.54. The van der Waals surface area contributed by atoms with Gasteiger partial charge in [0, 0.05) is 13.0 Å². The zero-order chi connectivity index (χ0) is 17.1. The summed E-state index contributed by atoms with van der Waals surface area (Å²) in [5, 5.41) is 4.11. The van der Waals surface area contributed by atoms with E-state index >= 15 is 0 Å². The molecule has 1 saturated heterocycles. The van der Waals surface area contributed by atoms with Crippen molar-refractivity contribution in [2.75, 3.05) is 20.8 Å². The Morgan fingerprint density at radius 1 is 1.21 bits per heavy atom. The summed E-state index contributed by atoms with van der Waals surface area (Å²) in [7, 11) is 3.24. The van der Waals surface area contributed by atoms with E-state index < -0.39 is 0 Å². The SMILES string of the molecule is COc1ccc(Cc2noc([C@H]3OCC[C@H]3C(C)C)n2)cc1OC. The molecule has 0 bridgehead atoms. The van der Waals surface area contributed by atoms with E-state index in [0.29, 0.717) is 41.5 Å². The highest BCUT2D eigenvalue weighted by Gasteiger charge is 2.35. The van der Waals surface area contributed by atoms with Gasteiger partial charge in [0.25, 0.3) is 5.89 Å². The second kappa shape index (κ2) is 7.21. The highest BCUT2D eigenvalue weighted by atomic mass is 16.5. The molecule has 1 aliphatic rings. The topological polar surface area (TPSA) is 66.6 Å². The molecule has 2 aromatic rings. The number of hydrogen-bond donors (Lipinski definition) is 0. The first-order valence-corrected chi connectivity index (χ1v) is 8.27. The Kier molecular flexibility index (Phi) is 5.04. The van der Waals surface area contributed by atoms with Gasteiger partial charge in [0.15, 0.2) is 17.3 Å². The first-order valence-electron chi connectivity index (χ1n) is 8.27. The first-order chi connectivity index (χ1) is 11.6. The molecule has 0 unspecified atom stereocenters. The minimum absolute atomic E-state index is 0.0864. The number of rotatable bonds is 6. The zero-order valence-electron chi connectivity index (χ0n) is 14.6. The Labute approximate surface area is 142 Å². The van der Waals surface area contributed by atoms with Gasteiger partial charge in [0.1, 0.15) is 6.10 Å². The summed E-state index contributed by atoms with van der Waals surface area (Å²) in [6, 6.07) is 5.78. The zero-order valence-corrected chi connectivity index (χ0v) is 14.6. The Bertz CT molecular complexity index is 683. The van der Waals surface area contributed by atoms with Gasteiger partial charge in [-0.1, -0.05) is 25.1 Å². The largest absolute Gasteiger partial charge is 0.493 e. The van der Waals surface area contributed by atoms with Crippen LogP contribution in [-0.2, 0) is 11.2 Å². The van der Waals surface area contributed by atoms with Crippen molar-refractivity contribution in [1.29, 1.82) is 0 Å². The Balaban J connectivity index is 1.74. The molecule has 0 spiro atoms. The maximum absolute atomic E-state index is 5.81. The van der Waals surface area contributed by atoms with Gasteiger partial charge in [-0.25, -0.2) is 0 Å². The maximum Gasteiger partial charge on any atom is 0.256 e. The number of aromatic nitrogens is 2. The molecule has 2 atom stereocenters. The maximum atomic E-state index is 5.81. The van der Waals surface area contributed by atoms with Gasteiger partial charge < -0.3 is 18.7 Å². The number of hydrogen-bond acceptors (Lipinski definition) is 6. The molecule has 0 saturated carbocycles. The van der Waals surface area contributed by atoms with Crippen LogP contribution in [0.15, 0.2) is 22.7 Å². The van der Waals surface area contributed by atoms with Crippen molar-refractivity contribution in [3.8, 4) is 11.5 Å². The second-order valence-electron chi connectivity index (χ2n) is 6.40. The Morgan fingerprint density at radius 2 is 2.00 bits per heavy atom. The summed E-state index contributed by atoms with van der Waals surface area (Å²) in [6.07, 6.45) is 1.52. The summed E-state index contributed by atoms with van der Waals surface area (Å²) >= 11 is 0.